The molecule has 0 amide bonds. The van der Waals surface area contributed by atoms with Gasteiger partial charge in [0.2, 0.25) is 0 Å². The highest BCUT2D eigenvalue weighted by atomic mass is 79.9. The van der Waals surface area contributed by atoms with E-state index in [0.717, 1.165) is 9.83 Å². The summed E-state index contributed by atoms with van der Waals surface area (Å²) in [6.45, 7) is 0. The standard InChI is InChI=1S/C6H6BrNS/c7-6-8-5(3-9-6)4-1-2-4/h3-4H,1-2H2. The third-order valence-electron chi connectivity index (χ3n) is 1.49. The van der Waals surface area contributed by atoms with Crippen LogP contribution in [0.4, 0.5) is 0 Å². The number of thiazole rings is 1. The van der Waals surface area contributed by atoms with Crippen LogP contribution in [0.25, 0.3) is 0 Å². The van der Waals surface area contributed by atoms with Crippen LogP contribution < -0.4 is 0 Å². The van der Waals surface area contributed by atoms with E-state index in [1.165, 1.54) is 18.5 Å². The fourth-order valence-electron chi connectivity index (χ4n) is 0.830. The zero-order valence-corrected chi connectivity index (χ0v) is 7.20. The van der Waals surface area contributed by atoms with E-state index < -0.39 is 0 Å². The maximum absolute atomic E-state index is 4.31. The lowest BCUT2D eigenvalue weighted by Gasteiger charge is -1.82. The first-order valence-corrected chi connectivity index (χ1v) is 4.64. The van der Waals surface area contributed by atoms with Gasteiger partial charge in [0.1, 0.15) is 0 Å². The maximum Gasteiger partial charge on any atom is 0.159 e. The Bertz CT molecular complexity index is 217. The van der Waals surface area contributed by atoms with E-state index in [0.29, 0.717) is 0 Å². The first-order valence-electron chi connectivity index (χ1n) is 2.97. The van der Waals surface area contributed by atoms with Crippen molar-refractivity contribution in [3.63, 3.8) is 0 Å². The Morgan fingerprint density at radius 2 is 2.44 bits per heavy atom. The summed E-state index contributed by atoms with van der Waals surface area (Å²) in [5.74, 6) is 0.799. The number of nitrogens with zero attached hydrogens (tertiary/aromatic N) is 1. The molecule has 1 aliphatic rings. The summed E-state index contributed by atoms with van der Waals surface area (Å²) in [5, 5.41) is 2.14. The SMILES string of the molecule is Brc1nc(C2CC2)cs1. The number of hydrogen-bond donors (Lipinski definition) is 0. The van der Waals surface area contributed by atoms with Gasteiger partial charge in [0.15, 0.2) is 3.92 Å². The van der Waals surface area contributed by atoms with Gasteiger partial charge in [-0.05, 0) is 28.8 Å². The van der Waals surface area contributed by atoms with Gasteiger partial charge in [-0.1, -0.05) is 0 Å². The molecule has 2 rings (SSSR count). The largest absolute Gasteiger partial charge is 0.234 e. The average Bonchev–Trinajstić information content (AvgIpc) is 2.58. The van der Waals surface area contributed by atoms with Gasteiger partial charge < -0.3 is 0 Å². The van der Waals surface area contributed by atoms with Gasteiger partial charge >= 0.3 is 0 Å². The summed E-state index contributed by atoms with van der Waals surface area (Å²) in [6.07, 6.45) is 2.69. The van der Waals surface area contributed by atoms with Gasteiger partial charge in [0, 0.05) is 11.3 Å². The molecular formula is C6H6BrNS. The van der Waals surface area contributed by atoms with Crippen LogP contribution in [0.1, 0.15) is 24.5 Å². The molecule has 0 saturated heterocycles. The minimum Gasteiger partial charge on any atom is -0.234 e. The fourth-order valence-corrected chi connectivity index (χ4v) is 1.94. The number of rotatable bonds is 1. The lowest BCUT2D eigenvalue weighted by atomic mass is 10.3. The Kier molecular flexibility index (Phi) is 1.34. The third-order valence-corrected chi connectivity index (χ3v) is 2.87. The smallest absolute Gasteiger partial charge is 0.159 e. The van der Waals surface area contributed by atoms with Gasteiger partial charge in [-0.25, -0.2) is 4.98 Å². The molecule has 48 valence electrons. The minimum atomic E-state index is 0.799. The predicted octanol–water partition coefficient (Wildman–Crippen LogP) is 2.78. The molecule has 0 unspecified atom stereocenters. The maximum atomic E-state index is 4.31. The minimum absolute atomic E-state index is 0.799. The van der Waals surface area contributed by atoms with Crippen LogP contribution in [-0.2, 0) is 0 Å². The van der Waals surface area contributed by atoms with Crippen molar-refractivity contribution in [2.24, 2.45) is 0 Å². The zero-order valence-electron chi connectivity index (χ0n) is 4.80. The number of aromatic nitrogens is 1. The molecule has 3 heteroatoms. The van der Waals surface area contributed by atoms with Crippen LogP contribution in [0.15, 0.2) is 9.30 Å². The van der Waals surface area contributed by atoms with Crippen molar-refractivity contribution >= 4 is 27.3 Å². The molecule has 1 saturated carbocycles. The van der Waals surface area contributed by atoms with Gasteiger partial charge in [-0.15, -0.1) is 11.3 Å². The Hall–Kier alpha value is 0.110. The van der Waals surface area contributed by atoms with Crippen LogP contribution in [0.3, 0.4) is 0 Å². The number of halogens is 1. The first-order chi connectivity index (χ1) is 4.36. The Morgan fingerprint density at radius 3 is 2.89 bits per heavy atom. The molecule has 0 radical (unpaired) electrons. The summed E-state index contributed by atoms with van der Waals surface area (Å²) in [6, 6.07) is 0. The Labute approximate surface area is 66.2 Å². The van der Waals surface area contributed by atoms with Gasteiger partial charge in [-0.2, -0.15) is 0 Å². The second kappa shape index (κ2) is 2.06. The molecule has 1 aromatic heterocycles. The molecule has 1 nitrogen and oxygen atoms in total. The summed E-state index contributed by atoms with van der Waals surface area (Å²) in [4.78, 5) is 4.31. The zero-order chi connectivity index (χ0) is 6.27. The summed E-state index contributed by atoms with van der Waals surface area (Å²) < 4.78 is 1.02. The second-order valence-corrected chi connectivity index (χ2v) is 4.43. The molecule has 9 heavy (non-hydrogen) atoms. The molecule has 1 fully saturated rings. The van der Waals surface area contributed by atoms with Crippen molar-refractivity contribution in [2.45, 2.75) is 18.8 Å². The van der Waals surface area contributed by atoms with Gasteiger partial charge in [0.05, 0.1) is 5.69 Å². The molecule has 0 aliphatic heterocycles. The molecule has 0 atom stereocenters. The van der Waals surface area contributed by atoms with E-state index in [9.17, 15) is 0 Å². The van der Waals surface area contributed by atoms with E-state index >= 15 is 0 Å². The van der Waals surface area contributed by atoms with Crippen LogP contribution in [0.5, 0.6) is 0 Å². The molecule has 0 aromatic carbocycles. The second-order valence-electron chi connectivity index (χ2n) is 2.30. The van der Waals surface area contributed by atoms with Crippen LogP contribution in [0, 0.1) is 0 Å². The quantitative estimate of drug-likeness (QED) is 0.685. The molecule has 1 aliphatic carbocycles. The van der Waals surface area contributed by atoms with Crippen LogP contribution in [0.2, 0.25) is 0 Å². The van der Waals surface area contributed by atoms with Crippen LogP contribution >= 0.6 is 27.3 Å². The topological polar surface area (TPSA) is 12.9 Å². The highest BCUT2D eigenvalue weighted by Crippen LogP contribution is 2.40. The van der Waals surface area contributed by atoms with Crippen molar-refractivity contribution in [1.29, 1.82) is 0 Å². The summed E-state index contributed by atoms with van der Waals surface area (Å²) in [7, 11) is 0. The van der Waals surface area contributed by atoms with E-state index in [4.69, 9.17) is 0 Å². The van der Waals surface area contributed by atoms with E-state index in [1.54, 1.807) is 11.3 Å². The Morgan fingerprint density at radius 1 is 1.67 bits per heavy atom. The molecule has 0 N–H and O–H groups in total. The lowest BCUT2D eigenvalue weighted by Crippen LogP contribution is -1.74. The van der Waals surface area contributed by atoms with Crippen LogP contribution in [-0.4, -0.2) is 4.98 Å². The van der Waals surface area contributed by atoms with Crippen molar-refractivity contribution in [1.82, 2.24) is 4.98 Å². The van der Waals surface area contributed by atoms with E-state index in [1.807, 2.05) is 0 Å². The highest BCUT2D eigenvalue weighted by Gasteiger charge is 2.25. The first kappa shape index (κ1) is 5.86. The highest BCUT2D eigenvalue weighted by molar-refractivity contribution is 9.11. The van der Waals surface area contributed by atoms with E-state index in [2.05, 4.69) is 26.3 Å². The molecule has 0 bridgehead atoms. The van der Waals surface area contributed by atoms with Gasteiger partial charge in [0.25, 0.3) is 0 Å². The van der Waals surface area contributed by atoms with Gasteiger partial charge in [-0.3, -0.25) is 0 Å². The summed E-state index contributed by atoms with van der Waals surface area (Å²) in [5.41, 5.74) is 1.28. The predicted molar refractivity (Wildman–Crippen MR) is 41.8 cm³/mol. The molecule has 1 heterocycles. The average molecular weight is 204 g/mol. The monoisotopic (exact) mass is 203 g/mol. The lowest BCUT2D eigenvalue weighted by molar-refractivity contribution is 1.04. The normalized spacial score (nSPS) is 18.3. The molecular weight excluding hydrogens is 198 g/mol. The third kappa shape index (κ3) is 1.17. The van der Waals surface area contributed by atoms with Crippen molar-refractivity contribution in [3.05, 3.63) is 15.0 Å². The van der Waals surface area contributed by atoms with Crippen molar-refractivity contribution in [2.75, 3.05) is 0 Å². The number of hydrogen-bond acceptors (Lipinski definition) is 2. The summed E-state index contributed by atoms with van der Waals surface area (Å²) >= 11 is 5.01. The fraction of sp³-hybridized carbons (Fsp3) is 0.500. The van der Waals surface area contributed by atoms with E-state index in [-0.39, 0.29) is 0 Å². The molecule has 0 spiro atoms. The molecule has 1 aromatic rings. The van der Waals surface area contributed by atoms with Crippen molar-refractivity contribution < 1.29 is 0 Å². The Balaban J connectivity index is 2.28. The van der Waals surface area contributed by atoms with Crippen molar-refractivity contribution in [3.8, 4) is 0 Å².